The van der Waals surface area contributed by atoms with Crippen molar-refractivity contribution in [1.29, 1.82) is 10.5 Å². The van der Waals surface area contributed by atoms with Crippen LogP contribution in [0.2, 0.25) is 4.31 Å². The number of hydrogen-bond acceptors (Lipinski definition) is 2. The van der Waals surface area contributed by atoms with E-state index in [1.807, 2.05) is 30.3 Å². The van der Waals surface area contributed by atoms with Crippen molar-refractivity contribution in [3.05, 3.63) is 30.3 Å². The van der Waals surface area contributed by atoms with Crippen molar-refractivity contribution >= 4 is 19.4 Å². The predicted molar refractivity (Wildman–Crippen MR) is 65.3 cm³/mol. The van der Waals surface area contributed by atoms with Gasteiger partial charge in [-0.25, -0.2) is 0 Å². The van der Waals surface area contributed by atoms with Crippen molar-refractivity contribution in [3.8, 4) is 12.1 Å². The van der Waals surface area contributed by atoms with E-state index in [4.69, 9.17) is 0 Å². The molecule has 0 amide bonds. The Kier molecular flexibility index (Phi) is 5.06. The quantitative estimate of drug-likeness (QED) is 0.776. The molecule has 16 heavy (non-hydrogen) atoms. The molecule has 0 saturated carbocycles. The molecule has 0 heterocycles. The van der Waals surface area contributed by atoms with Gasteiger partial charge in [-0.2, -0.15) is 0 Å². The van der Waals surface area contributed by atoms with Crippen molar-refractivity contribution in [1.82, 2.24) is 0 Å². The van der Waals surface area contributed by atoms with E-state index in [9.17, 15) is 10.5 Å². The van der Waals surface area contributed by atoms with E-state index in [1.165, 1.54) is 0 Å². The van der Waals surface area contributed by atoms with Gasteiger partial charge >= 0.3 is 103 Å². The first kappa shape index (κ1) is 12.8. The topological polar surface area (TPSA) is 47.6 Å². The molecule has 0 fully saturated rings. The molecule has 0 aromatic heterocycles. The second-order valence-electron chi connectivity index (χ2n) is 3.57. The van der Waals surface area contributed by atoms with Crippen LogP contribution in [0, 0.1) is 22.7 Å². The fourth-order valence-electron chi connectivity index (χ4n) is 1.35. The average molecular weight is 277 g/mol. The molecule has 0 N–H and O–H groups in total. The number of benzene rings is 1. The monoisotopic (exact) mass is 278 g/mol. The third-order valence-electron chi connectivity index (χ3n) is 2.28. The van der Waals surface area contributed by atoms with Gasteiger partial charge in [0.15, 0.2) is 0 Å². The molecule has 0 aliphatic rings. The van der Waals surface area contributed by atoms with Gasteiger partial charge in [-0.1, -0.05) is 0 Å². The Labute approximate surface area is 103 Å². The van der Waals surface area contributed by atoms with Crippen LogP contribution in [0.5, 0.6) is 0 Å². The van der Waals surface area contributed by atoms with Crippen LogP contribution in [0.3, 0.4) is 0 Å². The molecule has 1 aromatic carbocycles. The molecule has 1 rings (SSSR count). The summed E-state index contributed by atoms with van der Waals surface area (Å²) in [6, 6.07) is 14.3. The van der Waals surface area contributed by atoms with Gasteiger partial charge in [-0.05, 0) is 0 Å². The van der Waals surface area contributed by atoms with E-state index in [1.54, 1.807) is 0 Å². The Morgan fingerprint density at radius 2 is 1.81 bits per heavy atom. The molecule has 2 nitrogen and oxygen atoms in total. The minimum absolute atomic E-state index is 0.0903. The Bertz CT molecular complexity index is 386. The van der Waals surface area contributed by atoms with Gasteiger partial charge in [0, 0.05) is 0 Å². The van der Waals surface area contributed by atoms with Crippen LogP contribution < -0.4 is 4.46 Å². The first-order valence-corrected chi connectivity index (χ1v) is 7.04. The summed E-state index contributed by atoms with van der Waals surface area (Å²) in [6.45, 7) is 2.08. The van der Waals surface area contributed by atoms with Crippen molar-refractivity contribution in [2.45, 2.75) is 30.5 Å². The molecular weight excluding hydrogens is 263 g/mol. The van der Waals surface area contributed by atoms with Crippen LogP contribution in [0.15, 0.2) is 30.3 Å². The number of unbranched alkanes of at least 4 members (excludes halogenated alkanes) is 1. The van der Waals surface area contributed by atoms with Gasteiger partial charge in [0.25, 0.3) is 0 Å². The molecule has 3 heteroatoms. The van der Waals surface area contributed by atoms with Gasteiger partial charge in [0.2, 0.25) is 0 Å². The van der Waals surface area contributed by atoms with E-state index in [0.29, 0.717) is 6.42 Å². The molecule has 0 radical (unpaired) electrons. The Morgan fingerprint density at radius 1 is 1.19 bits per heavy atom. The standard InChI is InChI=1S/C13H14N2Se/c1-2-3-9-13(10-14,11-15)16-12-7-5-4-6-8-12/h4-8H,2-3,9H2,1H3. The van der Waals surface area contributed by atoms with E-state index in [2.05, 4.69) is 19.1 Å². The summed E-state index contributed by atoms with van der Waals surface area (Å²) in [5.41, 5.74) is 0. The Morgan fingerprint density at radius 3 is 2.31 bits per heavy atom. The van der Waals surface area contributed by atoms with Crippen LogP contribution in [-0.4, -0.2) is 15.0 Å². The Hall–Kier alpha value is -1.28. The minimum atomic E-state index is -0.787. The first-order valence-electron chi connectivity index (χ1n) is 5.33. The first-order chi connectivity index (χ1) is 7.76. The van der Waals surface area contributed by atoms with Crippen LogP contribution in [-0.2, 0) is 0 Å². The molecule has 82 valence electrons. The van der Waals surface area contributed by atoms with Crippen molar-refractivity contribution in [2.24, 2.45) is 0 Å². The maximum atomic E-state index is 9.21. The third-order valence-corrected chi connectivity index (χ3v) is 4.89. The van der Waals surface area contributed by atoms with E-state index in [0.717, 1.165) is 17.3 Å². The summed E-state index contributed by atoms with van der Waals surface area (Å²) in [7, 11) is 0. The SMILES string of the molecule is CCCCC(C#N)(C#N)[Se]c1ccccc1. The molecule has 0 atom stereocenters. The molecule has 0 aliphatic carbocycles. The van der Waals surface area contributed by atoms with Crippen molar-refractivity contribution < 1.29 is 0 Å². The van der Waals surface area contributed by atoms with Crippen molar-refractivity contribution in [2.75, 3.05) is 0 Å². The zero-order valence-electron chi connectivity index (χ0n) is 9.31. The zero-order chi connectivity index (χ0) is 11.9. The molecule has 0 saturated heterocycles. The van der Waals surface area contributed by atoms with E-state index >= 15 is 0 Å². The van der Waals surface area contributed by atoms with Gasteiger partial charge in [-0.3, -0.25) is 0 Å². The Balaban J connectivity index is 2.81. The molecular formula is C13H14N2Se. The number of nitrogens with zero attached hydrogens (tertiary/aromatic N) is 2. The summed E-state index contributed by atoms with van der Waals surface area (Å²) < 4.78 is 0.332. The normalized spacial score (nSPS) is 10.4. The molecule has 0 bridgehead atoms. The summed E-state index contributed by atoms with van der Waals surface area (Å²) in [4.78, 5) is 0. The van der Waals surface area contributed by atoms with Gasteiger partial charge < -0.3 is 0 Å². The van der Waals surface area contributed by atoms with E-state index in [-0.39, 0.29) is 15.0 Å². The second-order valence-corrected chi connectivity index (χ2v) is 6.45. The third kappa shape index (κ3) is 3.38. The molecule has 1 aromatic rings. The van der Waals surface area contributed by atoms with Gasteiger partial charge in [0.1, 0.15) is 0 Å². The fraction of sp³-hybridized carbons (Fsp3) is 0.385. The van der Waals surface area contributed by atoms with Crippen molar-refractivity contribution in [3.63, 3.8) is 0 Å². The number of rotatable bonds is 5. The van der Waals surface area contributed by atoms with E-state index < -0.39 is 4.31 Å². The summed E-state index contributed by atoms with van der Waals surface area (Å²) in [6.07, 6.45) is 2.65. The molecule has 0 spiro atoms. The van der Waals surface area contributed by atoms with Crippen LogP contribution >= 0.6 is 0 Å². The zero-order valence-corrected chi connectivity index (χ0v) is 11.0. The summed E-state index contributed by atoms with van der Waals surface area (Å²) in [5, 5.41) is 18.4. The molecule has 0 aliphatic heterocycles. The summed E-state index contributed by atoms with van der Waals surface area (Å²) in [5.74, 6) is 0. The van der Waals surface area contributed by atoms with Crippen LogP contribution in [0.4, 0.5) is 0 Å². The fourth-order valence-corrected chi connectivity index (χ4v) is 3.52. The number of nitriles is 2. The van der Waals surface area contributed by atoms with Crippen LogP contribution in [0.1, 0.15) is 26.2 Å². The second kappa shape index (κ2) is 6.33. The molecule has 0 unspecified atom stereocenters. The van der Waals surface area contributed by atoms with Crippen LogP contribution in [0.25, 0.3) is 0 Å². The summed E-state index contributed by atoms with van der Waals surface area (Å²) >= 11 is -0.0903. The van der Waals surface area contributed by atoms with Gasteiger partial charge in [-0.15, -0.1) is 0 Å². The average Bonchev–Trinajstić information content (AvgIpc) is 2.36. The van der Waals surface area contributed by atoms with Gasteiger partial charge in [0.05, 0.1) is 0 Å². The predicted octanol–water partition coefficient (Wildman–Crippen LogP) is 2.41. The number of hydrogen-bond donors (Lipinski definition) is 0. The maximum absolute atomic E-state index is 9.21.